The average Bonchev–Trinajstić information content (AvgIpc) is 2.78. The zero-order valence-electron chi connectivity index (χ0n) is 10.5. The van der Waals surface area contributed by atoms with Gasteiger partial charge in [0.05, 0.1) is 0 Å². The maximum absolute atomic E-state index is 12.3. The molecule has 0 bridgehead atoms. The van der Waals surface area contributed by atoms with Crippen LogP contribution < -0.4 is 5.32 Å². The molecule has 0 aliphatic carbocycles. The Morgan fingerprint density at radius 1 is 1.25 bits per heavy atom. The van der Waals surface area contributed by atoms with Crippen LogP contribution in [0.1, 0.15) is 33.1 Å². The molecule has 2 rings (SSSR count). The topological polar surface area (TPSA) is 32.3 Å². The average molecular weight is 224 g/mol. The number of amides is 1. The van der Waals surface area contributed by atoms with Crippen molar-refractivity contribution in [2.75, 3.05) is 26.2 Å². The predicted molar refractivity (Wildman–Crippen MR) is 65.1 cm³/mol. The molecule has 2 saturated heterocycles. The maximum atomic E-state index is 12.3. The van der Waals surface area contributed by atoms with Gasteiger partial charge in [-0.3, -0.25) is 4.79 Å². The van der Waals surface area contributed by atoms with Gasteiger partial charge in [-0.2, -0.15) is 0 Å². The van der Waals surface area contributed by atoms with Crippen LogP contribution in [0.3, 0.4) is 0 Å². The monoisotopic (exact) mass is 224 g/mol. The smallest absolute Gasteiger partial charge is 0.225 e. The van der Waals surface area contributed by atoms with Crippen molar-refractivity contribution in [1.82, 2.24) is 10.2 Å². The van der Waals surface area contributed by atoms with E-state index in [1.165, 1.54) is 6.42 Å². The first-order valence-electron chi connectivity index (χ1n) is 6.68. The lowest BCUT2D eigenvalue weighted by Crippen LogP contribution is -2.40. The van der Waals surface area contributed by atoms with E-state index in [1.807, 2.05) is 0 Å². The van der Waals surface area contributed by atoms with Crippen LogP contribution in [-0.4, -0.2) is 37.0 Å². The third kappa shape index (κ3) is 2.57. The van der Waals surface area contributed by atoms with E-state index in [9.17, 15) is 4.79 Å². The predicted octanol–water partition coefficient (Wildman–Crippen LogP) is 1.49. The van der Waals surface area contributed by atoms with E-state index in [0.29, 0.717) is 17.7 Å². The summed E-state index contributed by atoms with van der Waals surface area (Å²) in [4.78, 5) is 14.4. The van der Waals surface area contributed by atoms with E-state index in [0.717, 1.165) is 44.9 Å². The number of hydrogen-bond donors (Lipinski definition) is 1. The Labute approximate surface area is 98.6 Å². The summed E-state index contributed by atoms with van der Waals surface area (Å²) in [7, 11) is 0. The van der Waals surface area contributed by atoms with Gasteiger partial charge in [0, 0.05) is 19.0 Å². The fourth-order valence-corrected chi connectivity index (χ4v) is 2.86. The number of carbonyl (C=O) groups excluding carboxylic acids is 1. The quantitative estimate of drug-likeness (QED) is 0.771. The van der Waals surface area contributed by atoms with Crippen molar-refractivity contribution in [3.63, 3.8) is 0 Å². The molecule has 2 fully saturated rings. The van der Waals surface area contributed by atoms with Gasteiger partial charge in [0.1, 0.15) is 0 Å². The van der Waals surface area contributed by atoms with Crippen LogP contribution in [0.25, 0.3) is 0 Å². The summed E-state index contributed by atoms with van der Waals surface area (Å²) < 4.78 is 0. The molecular formula is C13H24N2O. The van der Waals surface area contributed by atoms with Crippen LogP contribution in [0.2, 0.25) is 0 Å². The van der Waals surface area contributed by atoms with E-state index < -0.39 is 0 Å². The minimum Gasteiger partial charge on any atom is -0.342 e. The second-order valence-electron chi connectivity index (χ2n) is 5.60. The zero-order chi connectivity index (χ0) is 11.5. The summed E-state index contributed by atoms with van der Waals surface area (Å²) in [5, 5.41) is 3.32. The number of nitrogens with zero attached hydrogens (tertiary/aromatic N) is 1. The van der Waals surface area contributed by atoms with Crippen molar-refractivity contribution < 1.29 is 4.79 Å². The number of rotatable bonds is 2. The first-order valence-corrected chi connectivity index (χ1v) is 6.68. The summed E-state index contributed by atoms with van der Waals surface area (Å²) in [6.45, 7) is 8.55. The fourth-order valence-electron chi connectivity index (χ4n) is 2.86. The Kier molecular flexibility index (Phi) is 3.85. The Hall–Kier alpha value is -0.570. The number of nitrogens with one attached hydrogen (secondary N) is 1. The lowest BCUT2D eigenvalue weighted by Gasteiger charge is -2.27. The molecule has 3 nitrogen and oxygen atoms in total. The van der Waals surface area contributed by atoms with E-state index >= 15 is 0 Å². The standard InChI is InChI=1S/C13H24N2O/c1-10(2)12-5-8-15(9-12)13(16)11-3-6-14-7-4-11/h10-12,14H,3-9H2,1-2H3. The first-order chi connectivity index (χ1) is 7.68. The minimum absolute atomic E-state index is 0.298. The second kappa shape index (κ2) is 5.17. The highest BCUT2D eigenvalue weighted by atomic mass is 16.2. The summed E-state index contributed by atoms with van der Waals surface area (Å²) >= 11 is 0. The molecule has 1 N–H and O–H groups in total. The van der Waals surface area contributed by atoms with Crippen LogP contribution in [0, 0.1) is 17.8 Å². The molecule has 2 aliphatic rings. The van der Waals surface area contributed by atoms with Crippen LogP contribution >= 0.6 is 0 Å². The summed E-state index contributed by atoms with van der Waals surface area (Å²) in [5.74, 6) is 2.16. The van der Waals surface area contributed by atoms with Crippen LogP contribution in [0.15, 0.2) is 0 Å². The normalized spacial score (nSPS) is 27.7. The SMILES string of the molecule is CC(C)C1CCN(C(=O)C2CCNCC2)C1. The number of hydrogen-bond acceptors (Lipinski definition) is 2. The number of likely N-dealkylation sites (tertiary alicyclic amines) is 1. The lowest BCUT2D eigenvalue weighted by atomic mass is 9.95. The Morgan fingerprint density at radius 2 is 1.94 bits per heavy atom. The van der Waals surface area contributed by atoms with Gasteiger partial charge in [0.25, 0.3) is 0 Å². The van der Waals surface area contributed by atoms with E-state index in [2.05, 4.69) is 24.1 Å². The van der Waals surface area contributed by atoms with Gasteiger partial charge in [-0.15, -0.1) is 0 Å². The summed E-state index contributed by atoms with van der Waals surface area (Å²) in [6.07, 6.45) is 3.26. The van der Waals surface area contributed by atoms with Crippen molar-refractivity contribution >= 4 is 5.91 Å². The van der Waals surface area contributed by atoms with E-state index in [1.54, 1.807) is 0 Å². The van der Waals surface area contributed by atoms with Crippen LogP contribution in [0.4, 0.5) is 0 Å². The molecule has 0 aromatic heterocycles. The molecule has 0 aromatic carbocycles. The molecule has 1 unspecified atom stereocenters. The molecule has 2 heterocycles. The second-order valence-corrected chi connectivity index (χ2v) is 5.60. The van der Waals surface area contributed by atoms with Crippen molar-refractivity contribution in [3.8, 4) is 0 Å². The molecule has 0 saturated carbocycles. The Balaban J connectivity index is 1.86. The third-order valence-electron chi connectivity index (χ3n) is 4.17. The molecule has 1 amide bonds. The van der Waals surface area contributed by atoms with E-state index in [4.69, 9.17) is 0 Å². The molecule has 0 aromatic rings. The minimum atomic E-state index is 0.298. The Bertz CT molecular complexity index is 246. The maximum Gasteiger partial charge on any atom is 0.225 e. The third-order valence-corrected chi connectivity index (χ3v) is 4.17. The lowest BCUT2D eigenvalue weighted by molar-refractivity contribution is -0.135. The molecular weight excluding hydrogens is 200 g/mol. The van der Waals surface area contributed by atoms with Crippen LogP contribution in [-0.2, 0) is 4.79 Å². The molecule has 3 heteroatoms. The highest BCUT2D eigenvalue weighted by Gasteiger charge is 2.32. The van der Waals surface area contributed by atoms with Crippen molar-refractivity contribution in [2.45, 2.75) is 33.1 Å². The molecule has 1 atom stereocenters. The number of piperidine rings is 1. The molecule has 16 heavy (non-hydrogen) atoms. The van der Waals surface area contributed by atoms with Crippen molar-refractivity contribution in [1.29, 1.82) is 0 Å². The largest absolute Gasteiger partial charge is 0.342 e. The highest BCUT2D eigenvalue weighted by molar-refractivity contribution is 5.79. The van der Waals surface area contributed by atoms with Gasteiger partial charge in [0.2, 0.25) is 5.91 Å². The van der Waals surface area contributed by atoms with Crippen LogP contribution in [0.5, 0.6) is 0 Å². The van der Waals surface area contributed by atoms with E-state index in [-0.39, 0.29) is 0 Å². The number of carbonyl (C=O) groups is 1. The van der Waals surface area contributed by atoms with Gasteiger partial charge in [-0.25, -0.2) is 0 Å². The molecule has 0 radical (unpaired) electrons. The van der Waals surface area contributed by atoms with Crippen molar-refractivity contribution in [2.24, 2.45) is 17.8 Å². The van der Waals surface area contributed by atoms with Gasteiger partial charge >= 0.3 is 0 Å². The van der Waals surface area contributed by atoms with Gasteiger partial charge < -0.3 is 10.2 Å². The molecule has 2 aliphatic heterocycles. The fraction of sp³-hybridized carbons (Fsp3) is 0.923. The highest BCUT2D eigenvalue weighted by Crippen LogP contribution is 2.26. The Morgan fingerprint density at radius 3 is 2.50 bits per heavy atom. The van der Waals surface area contributed by atoms with Gasteiger partial charge in [-0.1, -0.05) is 13.8 Å². The first kappa shape index (κ1) is 11.9. The van der Waals surface area contributed by atoms with Gasteiger partial charge in [-0.05, 0) is 44.2 Å². The van der Waals surface area contributed by atoms with Crippen molar-refractivity contribution in [3.05, 3.63) is 0 Å². The van der Waals surface area contributed by atoms with Gasteiger partial charge in [0.15, 0.2) is 0 Å². The zero-order valence-corrected chi connectivity index (χ0v) is 10.5. The summed E-state index contributed by atoms with van der Waals surface area (Å²) in [6, 6.07) is 0. The molecule has 92 valence electrons. The summed E-state index contributed by atoms with van der Waals surface area (Å²) in [5.41, 5.74) is 0. The molecule has 0 spiro atoms.